The largest absolute Gasteiger partial charge is 0.376 e. The van der Waals surface area contributed by atoms with Crippen molar-refractivity contribution in [2.75, 3.05) is 18.5 Å². The van der Waals surface area contributed by atoms with Crippen molar-refractivity contribution in [1.29, 1.82) is 0 Å². The molecule has 0 amide bonds. The number of pyridine rings is 1. The fourth-order valence-electron chi connectivity index (χ4n) is 1.65. The molecule has 0 saturated carbocycles. The van der Waals surface area contributed by atoms with Crippen molar-refractivity contribution in [1.82, 2.24) is 10.3 Å². The number of nitrogens with zero attached hydrogens (tertiary/aromatic N) is 1. The number of nitrogens with one attached hydrogen (secondary N) is 2. The number of hydrogen-bond acceptors (Lipinski definition) is 3. The minimum atomic E-state index is 0.283. The normalized spacial score (nSPS) is 19.0. The number of thiocarbonyl (C=S) groups is 1. The smallest absolute Gasteiger partial charge is 0.172 e. The highest BCUT2D eigenvalue weighted by molar-refractivity contribution is 9.10. The molecule has 0 bridgehead atoms. The van der Waals surface area contributed by atoms with E-state index < -0.39 is 0 Å². The first-order valence-corrected chi connectivity index (χ1v) is 6.72. The van der Waals surface area contributed by atoms with Crippen LogP contribution in [0.25, 0.3) is 0 Å². The van der Waals surface area contributed by atoms with Gasteiger partial charge < -0.3 is 15.4 Å². The van der Waals surface area contributed by atoms with E-state index in [0.29, 0.717) is 5.11 Å². The Morgan fingerprint density at radius 1 is 1.65 bits per heavy atom. The van der Waals surface area contributed by atoms with Crippen molar-refractivity contribution in [3.05, 3.63) is 22.8 Å². The van der Waals surface area contributed by atoms with E-state index in [9.17, 15) is 0 Å². The zero-order valence-electron chi connectivity index (χ0n) is 9.28. The molecule has 1 aromatic rings. The average molecular weight is 316 g/mol. The van der Waals surface area contributed by atoms with E-state index >= 15 is 0 Å². The molecule has 1 aliphatic heterocycles. The second-order valence-corrected chi connectivity index (χ2v) is 5.15. The molecule has 1 aromatic heterocycles. The Kier molecular flexibility index (Phi) is 4.70. The Labute approximate surface area is 114 Å². The van der Waals surface area contributed by atoms with Crippen LogP contribution < -0.4 is 10.6 Å². The monoisotopic (exact) mass is 315 g/mol. The minimum Gasteiger partial charge on any atom is -0.376 e. The Hall–Kier alpha value is -0.720. The van der Waals surface area contributed by atoms with Gasteiger partial charge in [-0.25, -0.2) is 4.98 Å². The highest BCUT2D eigenvalue weighted by Crippen LogP contribution is 2.13. The third kappa shape index (κ3) is 4.22. The first-order valence-electron chi connectivity index (χ1n) is 5.52. The number of aromatic nitrogens is 1. The van der Waals surface area contributed by atoms with Gasteiger partial charge in [0.15, 0.2) is 5.11 Å². The average Bonchev–Trinajstić information content (AvgIpc) is 2.79. The van der Waals surface area contributed by atoms with Crippen LogP contribution in [0.5, 0.6) is 0 Å². The lowest BCUT2D eigenvalue weighted by Crippen LogP contribution is -2.35. The van der Waals surface area contributed by atoms with Crippen molar-refractivity contribution in [2.45, 2.75) is 18.9 Å². The van der Waals surface area contributed by atoms with Crippen LogP contribution in [0.1, 0.15) is 12.8 Å². The molecule has 0 aliphatic carbocycles. The summed E-state index contributed by atoms with van der Waals surface area (Å²) < 4.78 is 6.47. The van der Waals surface area contributed by atoms with E-state index in [-0.39, 0.29) is 6.10 Å². The molecule has 2 rings (SSSR count). The van der Waals surface area contributed by atoms with E-state index in [2.05, 4.69) is 31.5 Å². The van der Waals surface area contributed by atoms with Crippen molar-refractivity contribution >= 4 is 39.1 Å². The molecule has 4 nitrogen and oxygen atoms in total. The van der Waals surface area contributed by atoms with Crippen LogP contribution in [-0.2, 0) is 4.74 Å². The summed E-state index contributed by atoms with van der Waals surface area (Å²) in [6, 6.07) is 3.74. The molecule has 1 saturated heterocycles. The molecule has 0 radical (unpaired) electrons. The SMILES string of the molecule is S=C(NC[C@H]1CCCO1)Nc1cc(Br)ccn1. The molecule has 0 unspecified atom stereocenters. The third-order valence-corrected chi connectivity index (χ3v) is 3.22. The molecule has 1 aliphatic rings. The highest BCUT2D eigenvalue weighted by atomic mass is 79.9. The molecule has 92 valence electrons. The molecule has 1 atom stereocenters. The number of anilines is 1. The van der Waals surface area contributed by atoms with E-state index in [0.717, 1.165) is 36.3 Å². The first-order chi connectivity index (χ1) is 8.24. The summed E-state index contributed by atoms with van der Waals surface area (Å²) in [4.78, 5) is 4.16. The van der Waals surface area contributed by atoms with Gasteiger partial charge in [-0.05, 0) is 37.2 Å². The predicted octanol–water partition coefficient (Wildman–Crippen LogP) is 2.31. The van der Waals surface area contributed by atoms with Crippen molar-refractivity contribution < 1.29 is 4.74 Å². The number of ether oxygens (including phenoxy) is 1. The molecule has 1 fully saturated rings. The summed E-state index contributed by atoms with van der Waals surface area (Å²) in [7, 11) is 0. The topological polar surface area (TPSA) is 46.2 Å². The maximum absolute atomic E-state index is 5.50. The molecular formula is C11H14BrN3OS. The van der Waals surface area contributed by atoms with E-state index in [1.54, 1.807) is 6.20 Å². The Morgan fingerprint density at radius 2 is 2.53 bits per heavy atom. The van der Waals surface area contributed by atoms with Gasteiger partial charge in [0, 0.05) is 23.8 Å². The van der Waals surface area contributed by atoms with E-state index in [1.165, 1.54) is 0 Å². The van der Waals surface area contributed by atoms with Gasteiger partial charge in [0.1, 0.15) is 5.82 Å². The summed E-state index contributed by atoms with van der Waals surface area (Å²) in [6.45, 7) is 1.61. The van der Waals surface area contributed by atoms with Gasteiger partial charge in [0.25, 0.3) is 0 Å². The molecule has 0 spiro atoms. The zero-order chi connectivity index (χ0) is 12.1. The Morgan fingerprint density at radius 3 is 3.24 bits per heavy atom. The van der Waals surface area contributed by atoms with Crippen LogP contribution in [-0.4, -0.2) is 29.4 Å². The molecular weight excluding hydrogens is 302 g/mol. The number of halogens is 1. The second kappa shape index (κ2) is 6.28. The van der Waals surface area contributed by atoms with E-state index in [4.69, 9.17) is 17.0 Å². The molecule has 17 heavy (non-hydrogen) atoms. The predicted molar refractivity (Wildman–Crippen MR) is 75.1 cm³/mol. The molecule has 2 N–H and O–H groups in total. The molecule has 2 heterocycles. The zero-order valence-corrected chi connectivity index (χ0v) is 11.7. The number of hydrogen-bond donors (Lipinski definition) is 2. The van der Waals surface area contributed by atoms with Gasteiger partial charge in [0.2, 0.25) is 0 Å². The first kappa shape index (κ1) is 12.7. The van der Waals surface area contributed by atoms with Crippen LogP contribution >= 0.6 is 28.1 Å². The van der Waals surface area contributed by atoms with Crippen LogP contribution in [0.2, 0.25) is 0 Å². The summed E-state index contributed by atoms with van der Waals surface area (Å²) in [5.74, 6) is 0.726. The van der Waals surface area contributed by atoms with Gasteiger partial charge in [-0.15, -0.1) is 0 Å². The maximum atomic E-state index is 5.50. The van der Waals surface area contributed by atoms with Gasteiger partial charge in [-0.3, -0.25) is 0 Å². The molecule has 0 aromatic carbocycles. The lowest BCUT2D eigenvalue weighted by Gasteiger charge is -2.13. The quantitative estimate of drug-likeness (QED) is 0.838. The van der Waals surface area contributed by atoms with Crippen molar-refractivity contribution in [2.24, 2.45) is 0 Å². The van der Waals surface area contributed by atoms with Crippen LogP contribution in [0, 0.1) is 0 Å². The van der Waals surface area contributed by atoms with Crippen LogP contribution in [0.3, 0.4) is 0 Å². The van der Waals surface area contributed by atoms with Crippen LogP contribution in [0.4, 0.5) is 5.82 Å². The van der Waals surface area contributed by atoms with Gasteiger partial charge >= 0.3 is 0 Å². The lowest BCUT2D eigenvalue weighted by atomic mass is 10.2. The van der Waals surface area contributed by atoms with Crippen molar-refractivity contribution in [3.8, 4) is 0 Å². The summed E-state index contributed by atoms with van der Waals surface area (Å²) >= 11 is 8.56. The summed E-state index contributed by atoms with van der Waals surface area (Å²) in [6.07, 6.45) is 4.24. The fourth-order valence-corrected chi connectivity index (χ4v) is 2.17. The van der Waals surface area contributed by atoms with Crippen LogP contribution in [0.15, 0.2) is 22.8 Å². The van der Waals surface area contributed by atoms with Gasteiger partial charge in [0.05, 0.1) is 6.10 Å². The lowest BCUT2D eigenvalue weighted by molar-refractivity contribution is 0.114. The Bertz CT molecular complexity index is 396. The highest BCUT2D eigenvalue weighted by Gasteiger charge is 2.15. The standard InChI is InChI=1S/C11H14BrN3OS/c12-8-3-4-13-10(6-8)15-11(17)14-7-9-2-1-5-16-9/h3-4,6,9H,1-2,5,7H2,(H2,13,14,15,17)/t9-/m1/s1. The van der Waals surface area contributed by atoms with Crippen molar-refractivity contribution in [3.63, 3.8) is 0 Å². The maximum Gasteiger partial charge on any atom is 0.172 e. The summed E-state index contributed by atoms with van der Waals surface area (Å²) in [5.41, 5.74) is 0. The Balaban J connectivity index is 1.76. The number of rotatable bonds is 3. The van der Waals surface area contributed by atoms with Gasteiger partial charge in [-0.2, -0.15) is 0 Å². The van der Waals surface area contributed by atoms with E-state index in [1.807, 2.05) is 12.1 Å². The fraction of sp³-hybridized carbons (Fsp3) is 0.455. The third-order valence-electron chi connectivity index (χ3n) is 2.48. The minimum absolute atomic E-state index is 0.283. The van der Waals surface area contributed by atoms with Gasteiger partial charge in [-0.1, -0.05) is 15.9 Å². The summed E-state index contributed by atoms with van der Waals surface area (Å²) in [5, 5.41) is 6.74. The molecule has 6 heteroatoms. The second-order valence-electron chi connectivity index (χ2n) is 3.83.